The fraction of sp³-hybridized carbons (Fsp3) is 0.263. The number of halogens is 3. The number of hydrogen-bond donors (Lipinski definition) is 1. The lowest BCUT2D eigenvalue weighted by Crippen LogP contribution is -2.33. The van der Waals surface area contributed by atoms with Crippen molar-refractivity contribution < 1.29 is 22.8 Å². The molecule has 0 radical (unpaired) electrons. The average Bonchev–Trinajstić information content (AvgIpc) is 2.60. The lowest BCUT2D eigenvalue weighted by atomic mass is 10.2. The van der Waals surface area contributed by atoms with E-state index in [-0.39, 0.29) is 18.0 Å². The largest absolute Gasteiger partial charge is 0.416 e. The van der Waals surface area contributed by atoms with Crippen LogP contribution in [0.4, 0.5) is 18.9 Å². The topological polar surface area (TPSA) is 49.4 Å². The summed E-state index contributed by atoms with van der Waals surface area (Å²) in [6.07, 6.45) is -4.81. The summed E-state index contributed by atoms with van der Waals surface area (Å²) in [6, 6.07) is 13.5. The van der Waals surface area contributed by atoms with E-state index in [1.165, 1.54) is 0 Å². The Bertz CT molecular complexity index is 744. The zero-order valence-corrected chi connectivity index (χ0v) is 14.2. The minimum Gasteiger partial charge on any atom is -0.338 e. The van der Waals surface area contributed by atoms with E-state index in [9.17, 15) is 22.8 Å². The van der Waals surface area contributed by atoms with E-state index in [2.05, 4.69) is 5.32 Å². The molecule has 0 aromatic heterocycles. The summed E-state index contributed by atoms with van der Waals surface area (Å²) >= 11 is 0. The SMILES string of the molecule is CCN(Cc1ccccc1)C(=O)CC(=O)Nc1ccc(C(F)(F)F)cc1. The van der Waals surface area contributed by atoms with E-state index in [0.717, 1.165) is 29.8 Å². The van der Waals surface area contributed by atoms with E-state index < -0.39 is 17.6 Å². The van der Waals surface area contributed by atoms with Crippen LogP contribution in [0.2, 0.25) is 0 Å². The number of carbonyl (C=O) groups is 2. The minimum atomic E-state index is -4.43. The molecule has 4 nitrogen and oxygen atoms in total. The number of amides is 2. The van der Waals surface area contributed by atoms with Crippen LogP contribution in [0.5, 0.6) is 0 Å². The predicted molar refractivity (Wildman–Crippen MR) is 92.2 cm³/mol. The van der Waals surface area contributed by atoms with Crippen molar-refractivity contribution >= 4 is 17.5 Å². The highest BCUT2D eigenvalue weighted by Gasteiger charge is 2.30. The molecular weight excluding hydrogens is 345 g/mol. The fourth-order valence-corrected chi connectivity index (χ4v) is 2.38. The third-order valence-electron chi connectivity index (χ3n) is 3.76. The maximum Gasteiger partial charge on any atom is 0.416 e. The number of carbonyl (C=O) groups excluding carboxylic acids is 2. The number of alkyl halides is 3. The van der Waals surface area contributed by atoms with Gasteiger partial charge in [-0.1, -0.05) is 30.3 Å². The van der Waals surface area contributed by atoms with Crippen LogP contribution in [-0.2, 0) is 22.3 Å². The summed E-state index contributed by atoms with van der Waals surface area (Å²) in [5, 5.41) is 2.44. The summed E-state index contributed by atoms with van der Waals surface area (Å²) < 4.78 is 37.6. The third-order valence-corrected chi connectivity index (χ3v) is 3.76. The van der Waals surface area contributed by atoms with E-state index in [1.54, 1.807) is 4.90 Å². The van der Waals surface area contributed by atoms with Crippen LogP contribution in [0.3, 0.4) is 0 Å². The van der Waals surface area contributed by atoms with Gasteiger partial charge in [-0.15, -0.1) is 0 Å². The molecule has 138 valence electrons. The van der Waals surface area contributed by atoms with Crippen molar-refractivity contribution in [3.63, 3.8) is 0 Å². The van der Waals surface area contributed by atoms with Crippen LogP contribution in [0, 0.1) is 0 Å². The van der Waals surface area contributed by atoms with Crippen molar-refractivity contribution in [3.8, 4) is 0 Å². The standard InChI is InChI=1S/C19H19F3N2O2/c1-2-24(13-14-6-4-3-5-7-14)18(26)12-17(25)23-16-10-8-15(9-11-16)19(20,21)22/h3-11H,2,12-13H2,1H3,(H,23,25). The predicted octanol–water partition coefficient (Wildman–Crippen LogP) is 4.08. The van der Waals surface area contributed by atoms with Crippen LogP contribution in [0.15, 0.2) is 54.6 Å². The van der Waals surface area contributed by atoms with Gasteiger partial charge >= 0.3 is 6.18 Å². The van der Waals surface area contributed by atoms with Crippen molar-refractivity contribution in [3.05, 3.63) is 65.7 Å². The van der Waals surface area contributed by atoms with Crippen LogP contribution in [0.1, 0.15) is 24.5 Å². The maximum absolute atomic E-state index is 12.5. The molecule has 2 aromatic carbocycles. The van der Waals surface area contributed by atoms with E-state index in [1.807, 2.05) is 37.3 Å². The first-order chi connectivity index (χ1) is 12.3. The van der Waals surface area contributed by atoms with Gasteiger partial charge in [-0.25, -0.2) is 0 Å². The van der Waals surface area contributed by atoms with Gasteiger partial charge < -0.3 is 10.2 Å². The second-order valence-electron chi connectivity index (χ2n) is 5.69. The Labute approximate surface area is 149 Å². The molecule has 0 unspecified atom stereocenters. The Morgan fingerprint density at radius 3 is 2.15 bits per heavy atom. The zero-order valence-electron chi connectivity index (χ0n) is 14.2. The van der Waals surface area contributed by atoms with Crippen molar-refractivity contribution in [2.75, 3.05) is 11.9 Å². The van der Waals surface area contributed by atoms with Gasteiger partial charge in [0.1, 0.15) is 6.42 Å². The second-order valence-corrected chi connectivity index (χ2v) is 5.69. The maximum atomic E-state index is 12.5. The molecule has 26 heavy (non-hydrogen) atoms. The summed E-state index contributed by atoms with van der Waals surface area (Å²) in [5.74, 6) is -0.915. The van der Waals surface area contributed by atoms with Gasteiger partial charge in [-0.05, 0) is 36.8 Å². The molecule has 0 aliphatic carbocycles. The summed E-state index contributed by atoms with van der Waals surface area (Å²) in [7, 11) is 0. The molecule has 0 aliphatic heterocycles. The first kappa shape index (κ1) is 19.5. The first-order valence-electron chi connectivity index (χ1n) is 8.08. The van der Waals surface area contributed by atoms with Crippen molar-refractivity contribution in [2.24, 2.45) is 0 Å². The Morgan fingerprint density at radius 2 is 1.62 bits per heavy atom. The molecule has 0 fully saturated rings. The van der Waals surface area contributed by atoms with Crippen LogP contribution >= 0.6 is 0 Å². The van der Waals surface area contributed by atoms with Crippen LogP contribution in [-0.4, -0.2) is 23.3 Å². The van der Waals surface area contributed by atoms with Gasteiger partial charge in [0, 0.05) is 18.8 Å². The molecule has 0 spiro atoms. The smallest absolute Gasteiger partial charge is 0.338 e. The Balaban J connectivity index is 1.92. The lowest BCUT2D eigenvalue weighted by Gasteiger charge is -2.21. The Morgan fingerprint density at radius 1 is 1.00 bits per heavy atom. The monoisotopic (exact) mass is 364 g/mol. The molecule has 0 heterocycles. The average molecular weight is 364 g/mol. The lowest BCUT2D eigenvalue weighted by molar-refractivity contribution is -0.137. The molecule has 0 saturated heterocycles. The number of rotatable bonds is 6. The molecule has 7 heteroatoms. The van der Waals surface area contributed by atoms with Crippen molar-refractivity contribution in [2.45, 2.75) is 26.1 Å². The van der Waals surface area contributed by atoms with Gasteiger partial charge in [0.05, 0.1) is 5.56 Å². The summed E-state index contributed by atoms with van der Waals surface area (Å²) in [5.41, 5.74) is 0.361. The molecule has 0 atom stereocenters. The fourth-order valence-electron chi connectivity index (χ4n) is 2.38. The number of nitrogens with zero attached hydrogens (tertiary/aromatic N) is 1. The van der Waals surface area contributed by atoms with Gasteiger partial charge in [-0.3, -0.25) is 9.59 Å². The number of anilines is 1. The van der Waals surface area contributed by atoms with Gasteiger partial charge in [-0.2, -0.15) is 13.2 Å². The molecule has 2 aromatic rings. The molecule has 0 aliphatic rings. The molecule has 2 amide bonds. The molecule has 2 rings (SSSR count). The third kappa shape index (κ3) is 5.61. The molecule has 1 N–H and O–H groups in total. The summed E-state index contributed by atoms with van der Waals surface area (Å²) in [6.45, 7) is 2.65. The van der Waals surface area contributed by atoms with Crippen LogP contribution < -0.4 is 5.32 Å². The zero-order chi connectivity index (χ0) is 19.2. The normalized spacial score (nSPS) is 11.1. The number of nitrogens with one attached hydrogen (secondary N) is 1. The van der Waals surface area contributed by atoms with Gasteiger partial charge in [0.15, 0.2) is 0 Å². The highest BCUT2D eigenvalue weighted by Crippen LogP contribution is 2.29. The highest BCUT2D eigenvalue weighted by molar-refractivity contribution is 6.03. The van der Waals surface area contributed by atoms with E-state index in [4.69, 9.17) is 0 Å². The summed E-state index contributed by atoms with van der Waals surface area (Å²) in [4.78, 5) is 25.8. The van der Waals surface area contributed by atoms with E-state index in [0.29, 0.717) is 13.1 Å². The highest BCUT2D eigenvalue weighted by atomic mass is 19.4. The van der Waals surface area contributed by atoms with Gasteiger partial charge in [0.25, 0.3) is 0 Å². The minimum absolute atomic E-state index is 0.210. The van der Waals surface area contributed by atoms with Crippen molar-refractivity contribution in [1.29, 1.82) is 0 Å². The molecular formula is C19H19F3N2O2. The van der Waals surface area contributed by atoms with Gasteiger partial charge in [0.2, 0.25) is 11.8 Å². The quantitative estimate of drug-likeness (QED) is 0.785. The number of hydrogen-bond acceptors (Lipinski definition) is 2. The molecule has 0 saturated carbocycles. The van der Waals surface area contributed by atoms with Crippen molar-refractivity contribution in [1.82, 2.24) is 4.90 Å². The second kappa shape index (κ2) is 8.51. The first-order valence-corrected chi connectivity index (χ1v) is 8.08. The van der Waals surface area contributed by atoms with Crippen LogP contribution in [0.25, 0.3) is 0 Å². The Kier molecular flexibility index (Phi) is 6.38. The number of benzene rings is 2. The molecule has 0 bridgehead atoms. The Hall–Kier alpha value is -2.83. The van der Waals surface area contributed by atoms with E-state index >= 15 is 0 Å².